The maximum Gasteiger partial charge on any atom is 0.277 e. The molecule has 0 aliphatic carbocycles. The van der Waals surface area contributed by atoms with Crippen LogP contribution in [0.1, 0.15) is 28.7 Å². The monoisotopic (exact) mass is 708 g/mol. The molecule has 3 aromatic carbocycles. The maximum absolute atomic E-state index is 14.0. The van der Waals surface area contributed by atoms with E-state index in [2.05, 4.69) is 27.1 Å². The minimum absolute atomic E-state index is 0. The molecule has 0 atom stereocenters. The molecule has 0 spiro atoms. The van der Waals surface area contributed by atoms with Crippen LogP contribution in [0.15, 0.2) is 101 Å². The van der Waals surface area contributed by atoms with E-state index in [9.17, 15) is 14.0 Å². The van der Waals surface area contributed by atoms with Crippen LogP contribution in [0.2, 0.25) is 5.02 Å². The summed E-state index contributed by atoms with van der Waals surface area (Å²) in [4.78, 5) is 35.6. The Morgan fingerprint density at radius 2 is 1.54 bits per heavy atom. The van der Waals surface area contributed by atoms with Crippen LogP contribution in [-0.4, -0.2) is 62.2 Å². The van der Waals surface area contributed by atoms with E-state index < -0.39 is 0 Å². The third-order valence-corrected chi connectivity index (χ3v) is 8.97. The molecular formula is C36H39Cl2FN6O2S. The lowest BCUT2D eigenvalue weighted by Gasteiger charge is -2.25. The first-order chi connectivity index (χ1) is 22.6. The van der Waals surface area contributed by atoms with Crippen molar-refractivity contribution in [2.24, 2.45) is 7.05 Å². The highest BCUT2D eigenvalue weighted by Crippen LogP contribution is 2.24. The number of carbonyl (C=O) groups is 1. The lowest BCUT2D eigenvalue weighted by Crippen LogP contribution is -2.36. The Morgan fingerprint density at radius 1 is 0.896 bits per heavy atom. The standard InChI is InChI=1S/C36H38ClFN6O2S.ClH/c1-41(2)17-4-18-43(22-26-5-9-29(10-6-26)30-11-13-32(37)14-12-30)34(45)24-44-23-31(19-28-20-39-42(3)21-28)35(46)40-36(44)47-25-27-7-15-33(38)16-8-27;/h5-16,20-21,23H,4,17-19,22,24-25H2,1-3H3;1H. The molecule has 0 N–H and O–H groups in total. The van der Waals surface area contributed by atoms with Gasteiger partial charge in [0, 0.05) is 55.3 Å². The minimum atomic E-state index is -0.345. The van der Waals surface area contributed by atoms with E-state index in [1.54, 1.807) is 33.8 Å². The largest absolute Gasteiger partial charge is 0.337 e. The molecule has 2 heterocycles. The van der Waals surface area contributed by atoms with Crippen LogP contribution >= 0.6 is 35.8 Å². The number of hydrogen-bond donors (Lipinski definition) is 0. The van der Waals surface area contributed by atoms with Crippen molar-refractivity contribution in [3.8, 4) is 11.1 Å². The van der Waals surface area contributed by atoms with Crippen molar-refractivity contribution in [1.82, 2.24) is 29.1 Å². The normalized spacial score (nSPS) is 11.0. The van der Waals surface area contributed by atoms with Gasteiger partial charge in [-0.2, -0.15) is 10.1 Å². The van der Waals surface area contributed by atoms with Gasteiger partial charge in [-0.05, 0) is 79.1 Å². The molecule has 0 saturated heterocycles. The van der Waals surface area contributed by atoms with E-state index in [4.69, 9.17) is 11.6 Å². The van der Waals surface area contributed by atoms with Gasteiger partial charge in [-0.3, -0.25) is 14.3 Å². The summed E-state index contributed by atoms with van der Waals surface area (Å²) in [5.74, 6) is 0.0788. The topological polar surface area (TPSA) is 76.3 Å². The fraction of sp³-hybridized carbons (Fsp3) is 0.278. The lowest BCUT2D eigenvalue weighted by atomic mass is 10.0. The molecule has 0 radical (unpaired) electrons. The van der Waals surface area contributed by atoms with Gasteiger partial charge in [0.1, 0.15) is 12.4 Å². The molecule has 0 aliphatic rings. The van der Waals surface area contributed by atoms with E-state index in [0.717, 1.165) is 40.8 Å². The molecule has 0 aliphatic heterocycles. The van der Waals surface area contributed by atoms with Crippen LogP contribution in [0.3, 0.4) is 0 Å². The SMILES string of the molecule is CN(C)CCCN(Cc1ccc(-c2ccc(Cl)cc2)cc1)C(=O)Cn1cc(Cc2cnn(C)c2)c(=O)nc1SCc1ccc(F)cc1.Cl. The zero-order chi connectivity index (χ0) is 33.3. The first kappa shape index (κ1) is 36.9. The number of thioether (sulfide) groups is 1. The van der Waals surface area contributed by atoms with E-state index >= 15 is 0 Å². The summed E-state index contributed by atoms with van der Waals surface area (Å²) in [7, 11) is 5.86. The number of hydrogen-bond acceptors (Lipinski definition) is 6. The van der Waals surface area contributed by atoms with Crippen molar-refractivity contribution in [1.29, 1.82) is 0 Å². The van der Waals surface area contributed by atoms with E-state index in [1.165, 1.54) is 23.9 Å². The van der Waals surface area contributed by atoms with Crippen molar-refractivity contribution < 1.29 is 9.18 Å². The third-order valence-electron chi connectivity index (χ3n) is 7.66. The number of carbonyl (C=O) groups excluding carboxylic acids is 1. The van der Waals surface area contributed by atoms with Crippen molar-refractivity contribution in [2.45, 2.75) is 36.8 Å². The number of aromatic nitrogens is 4. The van der Waals surface area contributed by atoms with Gasteiger partial charge in [-0.1, -0.05) is 71.9 Å². The van der Waals surface area contributed by atoms with Gasteiger partial charge < -0.3 is 14.4 Å². The second kappa shape index (κ2) is 17.4. The van der Waals surface area contributed by atoms with Gasteiger partial charge in [-0.15, -0.1) is 12.4 Å². The molecule has 12 heteroatoms. The molecular weight excluding hydrogens is 670 g/mol. The second-order valence-corrected chi connectivity index (χ2v) is 13.2. The van der Waals surface area contributed by atoms with Crippen LogP contribution in [0, 0.1) is 5.82 Å². The molecule has 5 aromatic rings. The smallest absolute Gasteiger partial charge is 0.277 e. The van der Waals surface area contributed by atoms with Gasteiger partial charge in [0.25, 0.3) is 5.56 Å². The minimum Gasteiger partial charge on any atom is -0.337 e. The van der Waals surface area contributed by atoms with Crippen LogP contribution < -0.4 is 5.56 Å². The lowest BCUT2D eigenvalue weighted by molar-refractivity contribution is -0.132. The first-order valence-corrected chi connectivity index (χ1v) is 16.7. The Labute approximate surface area is 296 Å². The van der Waals surface area contributed by atoms with Gasteiger partial charge in [0.15, 0.2) is 5.16 Å². The fourth-order valence-electron chi connectivity index (χ4n) is 5.16. The number of halogens is 3. The Morgan fingerprint density at radius 3 is 2.17 bits per heavy atom. The van der Waals surface area contributed by atoms with E-state index in [1.807, 2.05) is 68.6 Å². The average molecular weight is 710 g/mol. The van der Waals surface area contributed by atoms with Crippen LogP contribution in [0.25, 0.3) is 11.1 Å². The zero-order valence-corrected chi connectivity index (χ0v) is 29.6. The summed E-state index contributed by atoms with van der Waals surface area (Å²) >= 11 is 7.41. The van der Waals surface area contributed by atoms with Crippen molar-refractivity contribution in [2.75, 3.05) is 27.2 Å². The summed E-state index contributed by atoms with van der Waals surface area (Å²) in [5, 5.41) is 5.34. The summed E-state index contributed by atoms with van der Waals surface area (Å²) < 4.78 is 16.9. The highest BCUT2D eigenvalue weighted by atomic mass is 35.5. The Hall–Kier alpha value is -3.96. The highest BCUT2D eigenvalue weighted by molar-refractivity contribution is 7.98. The number of nitrogens with zero attached hydrogens (tertiary/aromatic N) is 6. The number of rotatable bonds is 14. The number of benzene rings is 3. The van der Waals surface area contributed by atoms with Crippen LogP contribution in [0.5, 0.6) is 0 Å². The molecule has 0 saturated carbocycles. The predicted molar refractivity (Wildman–Crippen MR) is 193 cm³/mol. The van der Waals surface area contributed by atoms with E-state index in [-0.39, 0.29) is 36.2 Å². The summed E-state index contributed by atoms with van der Waals surface area (Å²) in [6.07, 6.45) is 6.48. The summed E-state index contributed by atoms with van der Waals surface area (Å²) in [5.41, 5.74) is 5.05. The third kappa shape index (κ3) is 10.5. The summed E-state index contributed by atoms with van der Waals surface area (Å²) in [6.45, 7) is 1.88. The molecule has 0 fully saturated rings. The highest BCUT2D eigenvalue weighted by Gasteiger charge is 2.19. The molecule has 0 bridgehead atoms. The van der Waals surface area contributed by atoms with Gasteiger partial charge in [-0.25, -0.2) is 4.39 Å². The molecule has 8 nitrogen and oxygen atoms in total. The Balaban J connectivity index is 0.00000520. The summed E-state index contributed by atoms with van der Waals surface area (Å²) in [6, 6.07) is 22.2. The molecule has 0 unspecified atom stereocenters. The Bertz CT molecular complexity index is 1840. The maximum atomic E-state index is 14.0. The van der Waals surface area contributed by atoms with Gasteiger partial charge >= 0.3 is 0 Å². The van der Waals surface area contributed by atoms with Crippen LogP contribution in [0.4, 0.5) is 4.39 Å². The van der Waals surface area contributed by atoms with Crippen LogP contribution in [-0.2, 0) is 37.1 Å². The van der Waals surface area contributed by atoms with Crippen molar-refractivity contribution in [3.05, 3.63) is 135 Å². The molecule has 252 valence electrons. The van der Waals surface area contributed by atoms with E-state index in [0.29, 0.717) is 41.0 Å². The molecule has 2 aromatic heterocycles. The average Bonchev–Trinajstić information content (AvgIpc) is 3.46. The number of amides is 1. The quantitative estimate of drug-likeness (QED) is 0.0942. The zero-order valence-electron chi connectivity index (χ0n) is 27.2. The fourth-order valence-corrected chi connectivity index (χ4v) is 6.21. The van der Waals surface area contributed by atoms with Gasteiger partial charge in [0.2, 0.25) is 5.91 Å². The predicted octanol–water partition coefficient (Wildman–Crippen LogP) is 6.72. The second-order valence-electron chi connectivity index (χ2n) is 11.8. The number of aryl methyl sites for hydroxylation is 1. The molecule has 5 rings (SSSR count). The Kier molecular flexibility index (Phi) is 13.4. The molecule has 1 amide bonds. The first-order valence-electron chi connectivity index (χ1n) is 15.4. The van der Waals surface area contributed by atoms with Crippen molar-refractivity contribution in [3.63, 3.8) is 0 Å². The van der Waals surface area contributed by atoms with Crippen molar-refractivity contribution >= 4 is 41.7 Å². The molecule has 48 heavy (non-hydrogen) atoms. The van der Waals surface area contributed by atoms with Gasteiger partial charge in [0.05, 0.1) is 6.20 Å².